The van der Waals surface area contributed by atoms with Gasteiger partial charge in [0.2, 0.25) is 0 Å². The fourth-order valence-electron chi connectivity index (χ4n) is 2.86. The van der Waals surface area contributed by atoms with Crippen molar-refractivity contribution < 1.29 is 9.47 Å². The van der Waals surface area contributed by atoms with Gasteiger partial charge in [0, 0.05) is 38.3 Å². The maximum atomic E-state index is 5.48. The molecule has 1 aromatic rings. The quantitative estimate of drug-likeness (QED) is 0.773. The summed E-state index contributed by atoms with van der Waals surface area (Å²) in [6, 6.07) is 6.03. The SMILES string of the molecule is COc1ccc(OC)c(CN2CCN(CCC(C)C)CC2)c1. The summed E-state index contributed by atoms with van der Waals surface area (Å²) in [6.45, 7) is 11.3. The summed E-state index contributed by atoms with van der Waals surface area (Å²) in [5, 5.41) is 0. The van der Waals surface area contributed by atoms with Crippen LogP contribution in [0.15, 0.2) is 18.2 Å². The molecule has 124 valence electrons. The molecule has 0 atom stereocenters. The molecule has 0 aliphatic carbocycles. The first-order chi connectivity index (χ1) is 10.6. The Labute approximate surface area is 135 Å². The molecule has 4 nitrogen and oxygen atoms in total. The first kappa shape index (κ1) is 17.1. The van der Waals surface area contributed by atoms with Gasteiger partial charge in [-0.15, -0.1) is 0 Å². The van der Waals surface area contributed by atoms with Crippen LogP contribution in [0.2, 0.25) is 0 Å². The van der Waals surface area contributed by atoms with Crippen molar-refractivity contribution in [3.63, 3.8) is 0 Å². The minimum Gasteiger partial charge on any atom is -0.497 e. The first-order valence-corrected chi connectivity index (χ1v) is 8.28. The van der Waals surface area contributed by atoms with Gasteiger partial charge in [-0.25, -0.2) is 0 Å². The summed E-state index contributed by atoms with van der Waals surface area (Å²) in [7, 11) is 3.44. The summed E-state index contributed by atoms with van der Waals surface area (Å²) in [5.41, 5.74) is 1.21. The van der Waals surface area contributed by atoms with Crippen molar-refractivity contribution in [1.82, 2.24) is 9.80 Å². The number of ether oxygens (including phenoxy) is 2. The standard InChI is InChI=1S/C18H30N2O2/c1-15(2)7-8-19-9-11-20(12-10-19)14-16-13-17(21-3)5-6-18(16)22-4/h5-6,13,15H,7-12,14H2,1-4H3. The van der Waals surface area contributed by atoms with E-state index in [1.807, 2.05) is 12.1 Å². The van der Waals surface area contributed by atoms with Gasteiger partial charge in [-0.2, -0.15) is 0 Å². The van der Waals surface area contributed by atoms with Crippen LogP contribution in [-0.4, -0.2) is 56.7 Å². The van der Waals surface area contributed by atoms with Crippen LogP contribution in [0.25, 0.3) is 0 Å². The molecule has 0 bridgehead atoms. The van der Waals surface area contributed by atoms with Gasteiger partial charge in [-0.3, -0.25) is 4.90 Å². The molecule has 1 aliphatic heterocycles. The Hall–Kier alpha value is -1.26. The van der Waals surface area contributed by atoms with Crippen LogP contribution in [-0.2, 0) is 6.54 Å². The largest absolute Gasteiger partial charge is 0.497 e. The number of hydrogen-bond acceptors (Lipinski definition) is 4. The molecule has 0 radical (unpaired) electrons. The van der Waals surface area contributed by atoms with Crippen molar-refractivity contribution in [3.05, 3.63) is 23.8 Å². The zero-order valence-electron chi connectivity index (χ0n) is 14.5. The smallest absolute Gasteiger partial charge is 0.123 e. The van der Waals surface area contributed by atoms with Crippen LogP contribution >= 0.6 is 0 Å². The van der Waals surface area contributed by atoms with Crippen molar-refractivity contribution in [2.45, 2.75) is 26.8 Å². The zero-order valence-corrected chi connectivity index (χ0v) is 14.5. The molecular weight excluding hydrogens is 276 g/mol. The van der Waals surface area contributed by atoms with Crippen LogP contribution in [0.5, 0.6) is 11.5 Å². The lowest BCUT2D eigenvalue weighted by atomic mass is 10.1. The molecule has 0 aromatic heterocycles. The highest BCUT2D eigenvalue weighted by Gasteiger charge is 2.18. The molecule has 0 unspecified atom stereocenters. The summed E-state index contributed by atoms with van der Waals surface area (Å²) in [6.07, 6.45) is 1.30. The van der Waals surface area contributed by atoms with E-state index in [4.69, 9.17) is 9.47 Å². The van der Waals surface area contributed by atoms with Gasteiger partial charge in [0.15, 0.2) is 0 Å². The summed E-state index contributed by atoms with van der Waals surface area (Å²) in [5.74, 6) is 2.63. The van der Waals surface area contributed by atoms with Gasteiger partial charge < -0.3 is 14.4 Å². The first-order valence-electron chi connectivity index (χ1n) is 8.28. The van der Waals surface area contributed by atoms with Gasteiger partial charge in [0.1, 0.15) is 11.5 Å². The number of benzene rings is 1. The molecule has 1 aliphatic rings. The highest BCUT2D eigenvalue weighted by atomic mass is 16.5. The lowest BCUT2D eigenvalue weighted by Crippen LogP contribution is -2.46. The van der Waals surface area contributed by atoms with Gasteiger partial charge >= 0.3 is 0 Å². The number of rotatable bonds is 7. The fourth-order valence-corrected chi connectivity index (χ4v) is 2.86. The Morgan fingerprint density at radius 2 is 1.68 bits per heavy atom. The minimum absolute atomic E-state index is 0.791. The Balaban J connectivity index is 1.87. The second-order valence-corrected chi connectivity index (χ2v) is 6.48. The molecule has 1 saturated heterocycles. The molecular formula is C18H30N2O2. The molecule has 1 heterocycles. The molecule has 0 spiro atoms. The number of hydrogen-bond donors (Lipinski definition) is 0. The zero-order chi connectivity index (χ0) is 15.9. The molecule has 0 N–H and O–H groups in total. The average Bonchev–Trinajstić information content (AvgIpc) is 2.54. The Kier molecular flexibility index (Phi) is 6.52. The minimum atomic E-state index is 0.791. The molecule has 1 aromatic carbocycles. The lowest BCUT2D eigenvalue weighted by Gasteiger charge is -2.35. The van der Waals surface area contributed by atoms with Gasteiger partial charge in [0.05, 0.1) is 14.2 Å². The van der Waals surface area contributed by atoms with E-state index in [0.29, 0.717) is 0 Å². The maximum absolute atomic E-state index is 5.48. The second-order valence-electron chi connectivity index (χ2n) is 6.48. The van der Waals surface area contributed by atoms with Crippen LogP contribution in [0.4, 0.5) is 0 Å². The van der Waals surface area contributed by atoms with E-state index in [1.165, 1.54) is 31.6 Å². The Bertz CT molecular complexity index is 454. The summed E-state index contributed by atoms with van der Waals surface area (Å²) in [4.78, 5) is 5.09. The monoisotopic (exact) mass is 306 g/mol. The van der Waals surface area contributed by atoms with Crippen LogP contribution < -0.4 is 9.47 Å². The fraction of sp³-hybridized carbons (Fsp3) is 0.667. The van der Waals surface area contributed by atoms with Gasteiger partial charge in [-0.1, -0.05) is 13.8 Å². The maximum Gasteiger partial charge on any atom is 0.123 e. The van der Waals surface area contributed by atoms with E-state index in [1.54, 1.807) is 14.2 Å². The van der Waals surface area contributed by atoms with E-state index < -0.39 is 0 Å². The third kappa shape index (κ3) is 4.89. The van der Waals surface area contributed by atoms with E-state index in [2.05, 4.69) is 29.7 Å². The van der Waals surface area contributed by atoms with Gasteiger partial charge in [-0.05, 0) is 37.1 Å². The molecule has 0 amide bonds. The normalized spacial score (nSPS) is 17.0. The number of nitrogens with zero attached hydrogens (tertiary/aromatic N) is 2. The Morgan fingerprint density at radius 1 is 1.00 bits per heavy atom. The highest BCUT2D eigenvalue weighted by molar-refractivity contribution is 5.40. The topological polar surface area (TPSA) is 24.9 Å². The third-order valence-corrected chi connectivity index (χ3v) is 4.37. The van der Waals surface area contributed by atoms with Crippen molar-refractivity contribution in [2.75, 3.05) is 46.9 Å². The van der Waals surface area contributed by atoms with Crippen LogP contribution in [0.1, 0.15) is 25.8 Å². The summed E-state index contributed by atoms with van der Waals surface area (Å²) < 4.78 is 10.8. The van der Waals surface area contributed by atoms with Gasteiger partial charge in [0.25, 0.3) is 0 Å². The molecule has 4 heteroatoms. The molecule has 2 rings (SSSR count). The summed E-state index contributed by atoms with van der Waals surface area (Å²) >= 11 is 0. The second kappa shape index (κ2) is 8.39. The van der Waals surface area contributed by atoms with E-state index in [0.717, 1.165) is 37.1 Å². The van der Waals surface area contributed by atoms with Crippen LogP contribution in [0, 0.1) is 5.92 Å². The predicted octanol–water partition coefficient (Wildman–Crippen LogP) is 2.87. The van der Waals surface area contributed by atoms with Crippen molar-refractivity contribution >= 4 is 0 Å². The van der Waals surface area contributed by atoms with E-state index in [9.17, 15) is 0 Å². The molecule has 0 saturated carbocycles. The van der Waals surface area contributed by atoms with E-state index >= 15 is 0 Å². The highest BCUT2D eigenvalue weighted by Crippen LogP contribution is 2.25. The van der Waals surface area contributed by atoms with Crippen molar-refractivity contribution in [2.24, 2.45) is 5.92 Å². The molecule has 22 heavy (non-hydrogen) atoms. The number of piperazine rings is 1. The van der Waals surface area contributed by atoms with Crippen molar-refractivity contribution in [1.29, 1.82) is 0 Å². The molecule has 1 fully saturated rings. The average molecular weight is 306 g/mol. The third-order valence-electron chi connectivity index (χ3n) is 4.37. The van der Waals surface area contributed by atoms with Crippen molar-refractivity contribution in [3.8, 4) is 11.5 Å². The lowest BCUT2D eigenvalue weighted by molar-refractivity contribution is 0.122. The van der Waals surface area contributed by atoms with Crippen LogP contribution in [0.3, 0.4) is 0 Å². The number of methoxy groups -OCH3 is 2. The predicted molar refractivity (Wildman–Crippen MR) is 90.7 cm³/mol. The van der Waals surface area contributed by atoms with E-state index in [-0.39, 0.29) is 0 Å². The Morgan fingerprint density at radius 3 is 2.27 bits per heavy atom.